The molecule has 0 atom stereocenters. The van der Waals surface area contributed by atoms with Gasteiger partial charge in [-0.3, -0.25) is 4.79 Å². The van der Waals surface area contributed by atoms with Gasteiger partial charge in [0.1, 0.15) is 11.6 Å². The summed E-state index contributed by atoms with van der Waals surface area (Å²) >= 11 is 0. The third kappa shape index (κ3) is 3.38. The third-order valence-electron chi connectivity index (χ3n) is 3.17. The van der Waals surface area contributed by atoms with E-state index in [-0.39, 0.29) is 17.2 Å². The molecule has 1 aliphatic rings. The van der Waals surface area contributed by atoms with Gasteiger partial charge in [-0.2, -0.15) is 0 Å². The molecule has 5 nitrogen and oxygen atoms in total. The molecule has 120 valence electrons. The number of rotatable bonds is 3. The predicted octanol–water partition coefficient (Wildman–Crippen LogP) is 3.10. The Morgan fingerprint density at radius 1 is 1.17 bits per heavy atom. The van der Waals surface area contributed by atoms with Gasteiger partial charge in [-0.05, 0) is 35.9 Å². The molecule has 0 amide bonds. The minimum Gasteiger partial charge on any atom is -0.427 e. The third-order valence-corrected chi connectivity index (χ3v) is 3.17. The first kappa shape index (κ1) is 15.6. The van der Waals surface area contributed by atoms with E-state index < -0.39 is 17.8 Å². The highest BCUT2D eigenvalue weighted by Gasteiger charge is 2.25. The second-order valence-corrected chi connectivity index (χ2v) is 4.98. The largest absolute Gasteiger partial charge is 0.427 e. The first-order chi connectivity index (χ1) is 11.5. The SMILES string of the molecule is CC(=O)Oc1ccc(C=C2N=C(c3ccccc3F)OC2=O)cc1. The average Bonchev–Trinajstić information content (AvgIpc) is 2.90. The molecule has 1 aliphatic heterocycles. The van der Waals surface area contributed by atoms with Crippen molar-refractivity contribution in [3.8, 4) is 5.75 Å². The van der Waals surface area contributed by atoms with Gasteiger partial charge in [-0.1, -0.05) is 24.3 Å². The lowest BCUT2D eigenvalue weighted by Gasteiger charge is -2.00. The number of ether oxygens (including phenoxy) is 2. The van der Waals surface area contributed by atoms with Crippen LogP contribution >= 0.6 is 0 Å². The van der Waals surface area contributed by atoms with E-state index in [4.69, 9.17) is 9.47 Å². The summed E-state index contributed by atoms with van der Waals surface area (Å²) in [4.78, 5) is 26.8. The van der Waals surface area contributed by atoms with Crippen molar-refractivity contribution in [2.45, 2.75) is 6.92 Å². The van der Waals surface area contributed by atoms with Gasteiger partial charge in [0.25, 0.3) is 0 Å². The Kier molecular flexibility index (Phi) is 4.20. The van der Waals surface area contributed by atoms with Gasteiger partial charge in [-0.15, -0.1) is 0 Å². The summed E-state index contributed by atoms with van der Waals surface area (Å²) in [5.41, 5.74) is 0.851. The molecule has 2 aromatic carbocycles. The van der Waals surface area contributed by atoms with Gasteiger partial charge < -0.3 is 9.47 Å². The zero-order valence-corrected chi connectivity index (χ0v) is 12.7. The molecule has 0 saturated heterocycles. The summed E-state index contributed by atoms with van der Waals surface area (Å²) < 4.78 is 23.7. The highest BCUT2D eigenvalue weighted by molar-refractivity contribution is 6.12. The molecular formula is C18H12FNO4. The van der Waals surface area contributed by atoms with E-state index >= 15 is 0 Å². The lowest BCUT2D eigenvalue weighted by molar-refractivity contribution is -0.132. The van der Waals surface area contributed by atoms with Crippen LogP contribution in [0.3, 0.4) is 0 Å². The number of carbonyl (C=O) groups excluding carboxylic acids is 2. The first-order valence-electron chi connectivity index (χ1n) is 7.09. The molecule has 6 heteroatoms. The second kappa shape index (κ2) is 6.45. The maximum absolute atomic E-state index is 13.7. The highest BCUT2D eigenvalue weighted by atomic mass is 19.1. The van der Waals surface area contributed by atoms with Gasteiger partial charge >= 0.3 is 11.9 Å². The predicted molar refractivity (Wildman–Crippen MR) is 84.8 cm³/mol. The number of nitrogens with zero attached hydrogens (tertiary/aromatic N) is 1. The molecule has 3 rings (SSSR count). The number of cyclic esters (lactones) is 1. The van der Waals surface area contributed by atoms with Crippen molar-refractivity contribution < 1.29 is 23.5 Å². The maximum atomic E-state index is 13.7. The zero-order chi connectivity index (χ0) is 17.1. The standard InChI is InChI=1S/C18H12FNO4/c1-11(21)23-13-8-6-12(7-9-13)10-16-18(22)24-17(20-16)14-4-2-3-5-15(14)19/h2-10H,1H3. The lowest BCUT2D eigenvalue weighted by atomic mass is 10.2. The molecule has 24 heavy (non-hydrogen) atoms. The molecule has 0 aliphatic carbocycles. The van der Waals surface area contributed by atoms with Crippen LogP contribution in [0.2, 0.25) is 0 Å². The van der Waals surface area contributed by atoms with Crippen LogP contribution in [0.15, 0.2) is 59.2 Å². The smallest absolute Gasteiger partial charge is 0.363 e. The van der Waals surface area contributed by atoms with E-state index in [1.54, 1.807) is 30.3 Å². The number of aliphatic imine (C=N–C) groups is 1. The highest BCUT2D eigenvalue weighted by Crippen LogP contribution is 2.21. The van der Waals surface area contributed by atoms with Crippen molar-refractivity contribution in [3.63, 3.8) is 0 Å². The lowest BCUT2D eigenvalue weighted by Crippen LogP contribution is -2.07. The summed E-state index contributed by atoms with van der Waals surface area (Å²) in [6.07, 6.45) is 1.51. The Morgan fingerprint density at radius 2 is 1.88 bits per heavy atom. The fourth-order valence-electron chi connectivity index (χ4n) is 2.11. The van der Waals surface area contributed by atoms with Crippen LogP contribution in [0.5, 0.6) is 5.75 Å². The molecule has 0 fully saturated rings. The van der Waals surface area contributed by atoms with E-state index in [0.29, 0.717) is 11.3 Å². The maximum Gasteiger partial charge on any atom is 0.363 e. The van der Waals surface area contributed by atoms with Gasteiger partial charge in [-0.25, -0.2) is 14.2 Å². The van der Waals surface area contributed by atoms with Crippen LogP contribution in [0, 0.1) is 5.82 Å². The molecule has 1 heterocycles. The van der Waals surface area contributed by atoms with Gasteiger partial charge in [0.05, 0.1) is 5.56 Å². The second-order valence-electron chi connectivity index (χ2n) is 4.98. The summed E-state index contributed by atoms with van der Waals surface area (Å²) in [5, 5.41) is 0. The summed E-state index contributed by atoms with van der Waals surface area (Å²) in [7, 11) is 0. The van der Waals surface area contributed by atoms with Crippen molar-refractivity contribution >= 4 is 23.9 Å². The van der Waals surface area contributed by atoms with E-state index in [2.05, 4.69) is 4.99 Å². The summed E-state index contributed by atoms with van der Waals surface area (Å²) in [5.74, 6) is -1.26. The van der Waals surface area contributed by atoms with Crippen molar-refractivity contribution in [2.24, 2.45) is 4.99 Å². The van der Waals surface area contributed by atoms with Crippen molar-refractivity contribution in [2.75, 3.05) is 0 Å². The normalized spacial score (nSPS) is 15.2. The first-order valence-corrected chi connectivity index (χ1v) is 7.09. The molecule has 0 bridgehead atoms. The van der Waals surface area contributed by atoms with Gasteiger partial charge in [0, 0.05) is 6.92 Å². The van der Waals surface area contributed by atoms with Crippen LogP contribution in [-0.2, 0) is 14.3 Å². The summed E-state index contributed by atoms with van der Waals surface area (Å²) in [6, 6.07) is 12.4. The molecule has 0 unspecified atom stereocenters. The average molecular weight is 325 g/mol. The molecule has 0 radical (unpaired) electrons. The fraction of sp³-hybridized carbons (Fsp3) is 0.0556. The van der Waals surface area contributed by atoms with Crippen molar-refractivity contribution in [1.82, 2.24) is 0 Å². The van der Waals surface area contributed by atoms with E-state index in [1.807, 2.05) is 0 Å². The van der Waals surface area contributed by atoms with Crippen LogP contribution in [0.4, 0.5) is 4.39 Å². The number of benzene rings is 2. The topological polar surface area (TPSA) is 65.0 Å². The number of hydrogen-bond donors (Lipinski definition) is 0. The number of halogens is 1. The zero-order valence-electron chi connectivity index (χ0n) is 12.7. The fourth-order valence-corrected chi connectivity index (χ4v) is 2.11. The van der Waals surface area contributed by atoms with Crippen LogP contribution in [0.1, 0.15) is 18.1 Å². The van der Waals surface area contributed by atoms with Crippen LogP contribution < -0.4 is 4.74 Å². The Labute approximate surface area is 137 Å². The van der Waals surface area contributed by atoms with Crippen molar-refractivity contribution in [3.05, 3.63) is 71.2 Å². The molecule has 0 spiro atoms. The van der Waals surface area contributed by atoms with Crippen molar-refractivity contribution in [1.29, 1.82) is 0 Å². The molecule has 0 N–H and O–H groups in total. The molecule has 0 saturated carbocycles. The molecular weight excluding hydrogens is 313 g/mol. The Bertz CT molecular complexity index is 869. The number of hydrogen-bond acceptors (Lipinski definition) is 5. The number of esters is 2. The Hall–Kier alpha value is -3.28. The molecule has 2 aromatic rings. The molecule has 0 aromatic heterocycles. The summed E-state index contributed by atoms with van der Waals surface area (Å²) in [6.45, 7) is 1.31. The van der Waals surface area contributed by atoms with E-state index in [0.717, 1.165) is 0 Å². The quantitative estimate of drug-likeness (QED) is 0.494. The van der Waals surface area contributed by atoms with Gasteiger partial charge in [0.2, 0.25) is 5.90 Å². The Balaban J connectivity index is 1.86. The Morgan fingerprint density at radius 3 is 2.54 bits per heavy atom. The monoisotopic (exact) mass is 325 g/mol. The minimum absolute atomic E-state index is 0.0634. The van der Waals surface area contributed by atoms with Crippen LogP contribution in [-0.4, -0.2) is 17.8 Å². The van der Waals surface area contributed by atoms with E-state index in [9.17, 15) is 14.0 Å². The van der Waals surface area contributed by atoms with E-state index in [1.165, 1.54) is 31.2 Å². The number of carbonyl (C=O) groups is 2. The van der Waals surface area contributed by atoms with Gasteiger partial charge in [0.15, 0.2) is 5.70 Å². The minimum atomic E-state index is -0.655. The van der Waals surface area contributed by atoms with Crippen LogP contribution in [0.25, 0.3) is 6.08 Å².